The molecule has 1 aromatic heterocycles. The molecule has 1 fully saturated rings. The van der Waals surface area contributed by atoms with E-state index in [0.29, 0.717) is 6.04 Å². The number of rotatable bonds is 1. The van der Waals surface area contributed by atoms with Gasteiger partial charge in [-0.3, -0.25) is 0 Å². The highest BCUT2D eigenvalue weighted by molar-refractivity contribution is 7.16. The quantitative estimate of drug-likeness (QED) is 0.755. The van der Waals surface area contributed by atoms with E-state index in [0.717, 1.165) is 24.1 Å². The normalized spacial score (nSPS) is 24.2. The summed E-state index contributed by atoms with van der Waals surface area (Å²) < 4.78 is 6.19. The van der Waals surface area contributed by atoms with Crippen molar-refractivity contribution in [3.05, 3.63) is 21.3 Å². The highest BCUT2D eigenvalue weighted by Crippen LogP contribution is 2.27. The van der Waals surface area contributed by atoms with Crippen LogP contribution in [-0.4, -0.2) is 19.8 Å². The molecule has 1 atom stereocenters. The summed E-state index contributed by atoms with van der Waals surface area (Å²) in [6, 6.07) is 4.33. The molecular formula is C8H10ClNOS. The lowest BCUT2D eigenvalue weighted by Crippen LogP contribution is -2.33. The van der Waals surface area contributed by atoms with Gasteiger partial charge in [0.2, 0.25) is 0 Å². The van der Waals surface area contributed by atoms with Crippen LogP contribution in [0.2, 0.25) is 4.34 Å². The van der Waals surface area contributed by atoms with Gasteiger partial charge in [0.15, 0.2) is 0 Å². The lowest BCUT2D eigenvalue weighted by molar-refractivity contribution is 0.0779. The molecule has 1 aliphatic rings. The maximum absolute atomic E-state index is 5.83. The van der Waals surface area contributed by atoms with Gasteiger partial charge in [-0.15, -0.1) is 11.3 Å². The van der Waals surface area contributed by atoms with Crippen LogP contribution in [0.3, 0.4) is 0 Å². The molecule has 1 saturated heterocycles. The van der Waals surface area contributed by atoms with E-state index in [2.05, 4.69) is 11.4 Å². The summed E-state index contributed by atoms with van der Waals surface area (Å²) in [5.41, 5.74) is 0. The lowest BCUT2D eigenvalue weighted by Gasteiger charge is -2.22. The fraction of sp³-hybridized carbons (Fsp3) is 0.500. The molecule has 0 aromatic carbocycles. The number of nitrogens with one attached hydrogen (secondary N) is 1. The van der Waals surface area contributed by atoms with Crippen molar-refractivity contribution < 1.29 is 4.74 Å². The summed E-state index contributed by atoms with van der Waals surface area (Å²) in [5, 5.41) is 3.38. The summed E-state index contributed by atoms with van der Waals surface area (Å²) in [5.74, 6) is 0. The molecular weight excluding hydrogens is 194 g/mol. The van der Waals surface area contributed by atoms with Crippen molar-refractivity contribution in [1.29, 1.82) is 0 Å². The third-order valence-corrected chi connectivity index (χ3v) is 3.20. The molecule has 0 aliphatic carbocycles. The highest BCUT2D eigenvalue weighted by atomic mass is 35.5. The first-order valence-corrected chi connectivity index (χ1v) is 5.12. The van der Waals surface area contributed by atoms with Crippen molar-refractivity contribution in [2.45, 2.75) is 6.04 Å². The molecule has 12 heavy (non-hydrogen) atoms. The molecule has 1 aromatic rings. The van der Waals surface area contributed by atoms with Gasteiger partial charge in [0.05, 0.1) is 23.6 Å². The average Bonchev–Trinajstić information content (AvgIpc) is 2.54. The Bertz CT molecular complexity index is 257. The van der Waals surface area contributed by atoms with Gasteiger partial charge in [-0.05, 0) is 12.1 Å². The van der Waals surface area contributed by atoms with Gasteiger partial charge in [-0.25, -0.2) is 0 Å². The first-order valence-electron chi connectivity index (χ1n) is 3.92. The standard InChI is InChI=1S/C8H10ClNOS/c9-8-2-1-7(12-8)6-5-11-4-3-10-6/h1-2,6,10H,3-5H2/t6-/m0/s1. The van der Waals surface area contributed by atoms with Crippen molar-refractivity contribution in [3.8, 4) is 0 Å². The molecule has 0 radical (unpaired) electrons. The Hall–Kier alpha value is -0.0900. The number of hydrogen-bond donors (Lipinski definition) is 1. The Balaban J connectivity index is 2.08. The van der Waals surface area contributed by atoms with Gasteiger partial charge in [-0.1, -0.05) is 11.6 Å². The smallest absolute Gasteiger partial charge is 0.0931 e. The molecule has 2 heterocycles. The van der Waals surface area contributed by atoms with E-state index < -0.39 is 0 Å². The van der Waals surface area contributed by atoms with E-state index in [1.165, 1.54) is 4.88 Å². The minimum Gasteiger partial charge on any atom is -0.378 e. The molecule has 1 N–H and O–H groups in total. The van der Waals surface area contributed by atoms with Crippen LogP contribution in [0.15, 0.2) is 12.1 Å². The van der Waals surface area contributed by atoms with Gasteiger partial charge in [0, 0.05) is 11.4 Å². The maximum atomic E-state index is 5.83. The van der Waals surface area contributed by atoms with Gasteiger partial charge in [-0.2, -0.15) is 0 Å². The molecule has 0 amide bonds. The minimum atomic E-state index is 0.344. The summed E-state index contributed by atoms with van der Waals surface area (Å²) >= 11 is 7.45. The van der Waals surface area contributed by atoms with Crippen LogP contribution in [-0.2, 0) is 4.74 Å². The summed E-state index contributed by atoms with van der Waals surface area (Å²) in [6.45, 7) is 2.51. The third-order valence-electron chi connectivity index (χ3n) is 1.86. The Kier molecular flexibility index (Phi) is 2.66. The second-order valence-electron chi connectivity index (χ2n) is 2.72. The second-order valence-corrected chi connectivity index (χ2v) is 4.47. The molecule has 0 unspecified atom stereocenters. The number of ether oxygens (including phenoxy) is 1. The van der Waals surface area contributed by atoms with Crippen LogP contribution in [0.5, 0.6) is 0 Å². The molecule has 2 nitrogen and oxygen atoms in total. The molecule has 2 rings (SSSR count). The average molecular weight is 204 g/mol. The summed E-state index contributed by atoms with van der Waals surface area (Å²) in [6.07, 6.45) is 0. The van der Waals surface area contributed by atoms with Crippen LogP contribution in [0.1, 0.15) is 10.9 Å². The topological polar surface area (TPSA) is 21.3 Å². The molecule has 4 heteroatoms. The Morgan fingerprint density at radius 1 is 1.58 bits per heavy atom. The molecule has 1 aliphatic heterocycles. The third kappa shape index (κ3) is 1.80. The van der Waals surface area contributed by atoms with E-state index in [1.807, 2.05) is 6.07 Å². The van der Waals surface area contributed by atoms with Crippen molar-refractivity contribution in [2.24, 2.45) is 0 Å². The van der Waals surface area contributed by atoms with Crippen LogP contribution in [0, 0.1) is 0 Å². The van der Waals surface area contributed by atoms with Crippen LogP contribution < -0.4 is 5.32 Å². The SMILES string of the molecule is Clc1ccc([C@@H]2COCCN2)s1. The van der Waals surface area contributed by atoms with E-state index in [-0.39, 0.29) is 0 Å². The zero-order valence-electron chi connectivity index (χ0n) is 6.55. The van der Waals surface area contributed by atoms with Gasteiger partial charge in [0.1, 0.15) is 0 Å². The first kappa shape index (κ1) is 8.51. The van der Waals surface area contributed by atoms with Crippen molar-refractivity contribution >= 4 is 22.9 Å². The van der Waals surface area contributed by atoms with Gasteiger partial charge < -0.3 is 10.1 Å². The second kappa shape index (κ2) is 3.75. The fourth-order valence-corrected chi connectivity index (χ4v) is 2.38. The largest absolute Gasteiger partial charge is 0.378 e. The molecule has 0 bridgehead atoms. The maximum Gasteiger partial charge on any atom is 0.0931 e. The van der Waals surface area contributed by atoms with E-state index in [4.69, 9.17) is 16.3 Å². The number of morpholine rings is 1. The highest BCUT2D eigenvalue weighted by Gasteiger charge is 2.16. The summed E-state index contributed by atoms with van der Waals surface area (Å²) in [4.78, 5) is 1.26. The van der Waals surface area contributed by atoms with E-state index in [9.17, 15) is 0 Å². The number of hydrogen-bond acceptors (Lipinski definition) is 3. The first-order chi connectivity index (χ1) is 5.86. The van der Waals surface area contributed by atoms with Gasteiger partial charge in [0.25, 0.3) is 0 Å². The predicted molar refractivity (Wildman–Crippen MR) is 50.9 cm³/mol. The van der Waals surface area contributed by atoms with Crippen LogP contribution in [0.4, 0.5) is 0 Å². The Morgan fingerprint density at radius 3 is 3.08 bits per heavy atom. The fourth-order valence-electron chi connectivity index (χ4n) is 1.26. The van der Waals surface area contributed by atoms with E-state index in [1.54, 1.807) is 11.3 Å². The van der Waals surface area contributed by atoms with E-state index >= 15 is 0 Å². The van der Waals surface area contributed by atoms with Crippen LogP contribution in [0.25, 0.3) is 0 Å². The summed E-state index contributed by atoms with van der Waals surface area (Å²) in [7, 11) is 0. The predicted octanol–water partition coefficient (Wildman–Crippen LogP) is 2.06. The lowest BCUT2D eigenvalue weighted by atomic mass is 10.2. The van der Waals surface area contributed by atoms with Gasteiger partial charge >= 0.3 is 0 Å². The zero-order chi connectivity index (χ0) is 8.39. The Labute approximate surface area is 80.5 Å². The molecule has 0 spiro atoms. The zero-order valence-corrected chi connectivity index (χ0v) is 8.12. The monoisotopic (exact) mass is 203 g/mol. The van der Waals surface area contributed by atoms with Crippen LogP contribution >= 0.6 is 22.9 Å². The van der Waals surface area contributed by atoms with Crippen molar-refractivity contribution in [2.75, 3.05) is 19.8 Å². The molecule has 66 valence electrons. The Morgan fingerprint density at radius 2 is 2.50 bits per heavy atom. The van der Waals surface area contributed by atoms with Crippen molar-refractivity contribution in [3.63, 3.8) is 0 Å². The van der Waals surface area contributed by atoms with Crippen molar-refractivity contribution in [1.82, 2.24) is 5.32 Å². The number of halogens is 1. The number of thiophene rings is 1. The minimum absolute atomic E-state index is 0.344. The molecule has 0 saturated carbocycles.